The van der Waals surface area contributed by atoms with Crippen LogP contribution in [-0.4, -0.2) is 15.2 Å². The van der Waals surface area contributed by atoms with Crippen LogP contribution in [0.15, 0.2) is 34.2 Å². The van der Waals surface area contributed by atoms with Gasteiger partial charge < -0.3 is 4.98 Å². The number of halogens is 2. The summed E-state index contributed by atoms with van der Waals surface area (Å²) in [5.41, 5.74) is 1.30. The number of aromatic nitrogens is 2. The third kappa shape index (κ3) is 4.50. The maximum atomic E-state index is 11.8. The fourth-order valence-corrected chi connectivity index (χ4v) is 3.19. The van der Waals surface area contributed by atoms with E-state index in [4.69, 9.17) is 23.2 Å². The van der Waals surface area contributed by atoms with Crippen LogP contribution in [0, 0.1) is 0 Å². The summed E-state index contributed by atoms with van der Waals surface area (Å²) in [5.74, 6) is 0. The molecule has 0 saturated carbocycles. The van der Waals surface area contributed by atoms with Gasteiger partial charge in [-0.05, 0) is 24.1 Å². The van der Waals surface area contributed by atoms with Gasteiger partial charge in [-0.25, -0.2) is 4.98 Å². The third-order valence-electron chi connectivity index (χ3n) is 3.08. The van der Waals surface area contributed by atoms with Crippen LogP contribution in [0.5, 0.6) is 0 Å². The van der Waals surface area contributed by atoms with Crippen LogP contribution < -0.4 is 5.56 Å². The highest BCUT2D eigenvalue weighted by molar-refractivity contribution is 7.99. The van der Waals surface area contributed by atoms with Crippen molar-refractivity contribution in [3.05, 3.63) is 55.9 Å². The molecule has 112 valence electrons. The second-order valence-electron chi connectivity index (χ2n) is 4.76. The Labute approximate surface area is 138 Å². The molecule has 0 aliphatic heterocycles. The Balaban J connectivity index is 2.30. The van der Waals surface area contributed by atoms with Crippen LogP contribution in [0.1, 0.15) is 31.5 Å². The molecule has 0 radical (unpaired) electrons. The third-order valence-corrected chi connectivity index (χ3v) is 4.94. The van der Waals surface area contributed by atoms with Gasteiger partial charge in [0.15, 0.2) is 5.16 Å². The summed E-state index contributed by atoms with van der Waals surface area (Å²) in [4.78, 5) is 19.0. The highest BCUT2D eigenvalue weighted by Gasteiger charge is 2.10. The first kappa shape index (κ1) is 16.4. The second-order valence-corrected chi connectivity index (χ2v) is 7.00. The Kier molecular flexibility index (Phi) is 5.73. The molecule has 0 amide bonds. The number of H-pyrrole nitrogens is 1. The fraction of sp³-hybridized carbons (Fsp3) is 0.333. The van der Waals surface area contributed by atoms with Crippen molar-refractivity contribution in [2.24, 2.45) is 0 Å². The molecular weight excluding hydrogens is 327 g/mol. The summed E-state index contributed by atoms with van der Waals surface area (Å²) in [7, 11) is 0. The first-order valence-corrected chi connectivity index (χ1v) is 8.33. The summed E-state index contributed by atoms with van der Waals surface area (Å²) in [6.07, 6.45) is 1.45. The zero-order valence-electron chi connectivity index (χ0n) is 11.8. The predicted octanol–water partition coefficient (Wildman–Crippen LogP) is 4.56. The normalized spacial score (nSPS) is 12.4. The lowest BCUT2D eigenvalue weighted by Crippen LogP contribution is -2.11. The van der Waals surface area contributed by atoms with E-state index in [0.29, 0.717) is 32.6 Å². The predicted molar refractivity (Wildman–Crippen MR) is 89.7 cm³/mol. The average Bonchev–Trinajstić information content (AvgIpc) is 2.42. The number of rotatable bonds is 5. The first-order valence-electron chi connectivity index (χ1n) is 6.69. The minimum atomic E-state index is -0.158. The van der Waals surface area contributed by atoms with Crippen LogP contribution in [0.4, 0.5) is 0 Å². The van der Waals surface area contributed by atoms with E-state index < -0.39 is 0 Å². The average molecular weight is 343 g/mol. The van der Waals surface area contributed by atoms with E-state index in [9.17, 15) is 4.79 Å². The highest BCUT2D eigenvalue weighted by Crippen LogP contribution is 2.27. The summed E-state index contributed by atoms with van der Waals surface area (Å²) in [5, 5.41) is 2.20. The van der Waals surface area contributed by atoms with Gasteiger partial charge in [-0.1, -0.05) is 54.9 Å². The van der Waals surface area contributed by atoms with E-state index >= 15 is 0 Å². The van der Waals surface area contributed by atoms with Gasteiger partial charge in [0, 0.05) is 27.8 Å². The Morgan fingerprint density at radius 3 is 2.62 bits per heavy atom. The van der Waals surface area contributed by atoms with Gasteiger partial charge in [0.05, 0.1) is 5.69 Å². The van der Waals surface area contributed by atoms with Crippen LogP contribution in [0.3, 0.4) is 0 Å². The molecule has 0 aliphatic rings. The van der Waals surface area contributed by atoms with Crippen molar-refractivity contribution < 1.29 is 0 Å². The summed E-state index contributed by atoms with van der Waals surface area (Å²) < 4.78 is 0. The van der Waals surface area contributed by atoms with Crippen molar-refractivity contribution in [1.82, 2.24) is 9.97 Å². The van der Waals surface area contributed by atoms with Crippen LogP contribution in [0.2, 0.25) is 10.0 Å². The van der Waals surface area contributed by atoms with Crippen molar-refractivity contribution in [2.75, 3.05) is 0 Å². The van der Waals surface area contributed by atoms with Crippen molar-refractivity contribution in [3.8, 4) is 0 Å². The SMILES string of the molecule is CCC(C)Sc1nc(Cc2c(Cl)cccc2Cl)cc(=O)[nH]1. The molecule has 1 unspecified atom stereocenters. The van der Waals surface area contributed by atoms with Crippen molar-refractivity contribution >= 4 is 35.0 Å². The first-order chi connectivity index (χ1) is 9.99. The lowest BCUT2D eigenvalue weighted by Gasteiger charge is -2.09. The van der Waals surface area contributed by atoms with E-state index in [-0.39, 0.29) is 5.56 Å². The van der Waals surface area contributed by atoms with Gasteiger partial charge in [0.2, 0.25) is 0 Å². The van der Waals surface area contributed by atoms with E-state index in [2.05, 4.69) is 23.8 Å². The van der Waals surface area contributed by atoms with Crippen molar-refractivity contribution in [3.63, 3.8) is 0 Å². The number of benzene rings is 1. The second kappa shape index (κ2) is 7.34. The van der Waals surface area contributed by atoms with E-state index in [1.807, 2.05) is 0 Å². The molecule has 1 aromatic heterocycles. The molecule has 1 atom stereocenters. The molecule has 6 heteroatoms. The molecule has 2 aromatic rings. The Bertz CT molecular complexity index is 667. The number of thioether (sulfide) groups is 1. The molecule has 3 nitrogen and oxygen atoms in total. The molecule has 0 bridgehead atoms. The molecule has 0 spiro atoms. The molecule has 1 N–H and O–H groups in total. The lowest BCUT2D eigenvalue weighted by molar-refractivity contribution is 0.853. The van der Waals surface area contributed by atoms with E-state index in [1.165, 1.54) is 6.07 Å². The number of nitrogens with zero attached hydrogens (tertiary/aromatic N) is 1. The molecule has 21 heavy (non-hydrogen) atoms. The Morgan fingerprint density at radius 1 is 1.33 bits per heavy atom. The van der Waals surface area contributed by atoms with Gasteiger partial charge in [0.25, 0.3) is 5.56 Å². The van der Waals surface area contributed by atoms with Gasteiger partial charge >= 0.3 is 0 Å². The van der Waals surface area contributed by atoms with Gasteiger partial charge in [-0.3, -0.25) is 4.79 Å². The maximum absolute atomic E-state index is 11.8. The molecular formula is C15H16Cl2N2OS. The maximum Gasteiger partial charge on any atom is 0.251 e. The molecule has 0 saturated heterocycles. The van der Waals surface area contributed by atoms with Crippen LogP contribution >= 0.6 is 35.0 Å². The minimum Gasteiger partial charge on any atom is -0.301 e. The monoisotopic (exact) mass is 342 g/mol. The molecule has 1 heterocycles. The molecule has 0 fully saturated rings. The van der Waals surface area contributed by atoms with Crippen molar-refractivity contribution in [2.45, 2.75) is 37.1 Å². The quantitative estimate of drug-likeness (QED) is 0.639. The van der Waals surface area contributed by atoms with E-state index in [1.54, 1.807) is 30.0 Å². The molecule has 2 rings (SSSR count). The van der Waals surface area contributed by atoms with Crippen molar-refractivity contribution in [1.29, 1.82) is 0 Å². The van der Waals surface area contributed by atoms with Gasteiger partial charge in [-0.15, -0.1) is 0 Å². The topological polar surface area (TPSA) is 45.8 Å². The lowest BCUT2D eigenvalue weighted by atomic mass is 10.1. The minimum absolute atomic E-state index is 0.158. The zero-order valence-corrected chi connectivity index (χ0v) is 14.1. The highest BCUT2D eigenvalue weighted by atomic mass is 35.5. The number of aromatic amines is 1. The summed E-state index contributed by atoms with van der Waals surface area (Å²) in [6.45, 7) is 4.20. The number of nitrogens with one attached hydrogen (secondary N) is 1. The van der Waals surface area contributed by atoms with Crippen LogP contribution in [-0.2, 0) is 6.42 Å². The fourth-order valence-electron chi connectivity index (χ4n) is 1.79. The Hall–Kier alpha value is -0.970. The number of hydrogen-bond acceptors (Lipinski definition) is 3. The molecule has 1 aromatic carbocycles. The summed E-state index contributed by atoms with van der Waals surface area (Å²) >= 11 is 13.9. The largest absolute Gasteiger partial charge is 0.301 e. The smallest absolute Gasteiger partial charge is 0.251 e. The van der Waals surface area contributed by atoms with Crippen LogP contribution in [0.25, 0.3) is 0 Å². The van der Waals surface area contributed by atoms with Gasteiger partial charge in [-0.2, -0.15) is 0 Å². The zero-order chi connectivity index (χ0) is 15.4. The molecule has 0 aliphatic carbocycles. The van der Waals surface area contributed by atoms with E-state index in [0.717, 1.165) is 12.0 Å². The standard InChI is InChI=1S/C15H16Cl2N2OS/c1-3-9(2)21-15-18-10(8-14(20)19-15)7-11-12(16)5-4-6-13(11)17/h4-6,8-9H,3,7H2,1-2H3,(H,18,19,20). The number of hydrogen-bond donors (Lipinski definition) is 1. The summed E-state index contributed by atoms with van der Waals surface area (Å²) in [6, 6.07) is 6.85. The van der Waals surface area contributed by atoms with Gasteiger partial charge in [0.1, 0.15) is 0 Å². The Morgan fingerprint density at radius 2 is 2.00 bits per heavy atom.